The average molecular weight is 317 g/mol. The van der Waals surface area contributed by atoms with E-state index in [1.807, 2.05) is 12.2 Å². The van der Waals surface area contributed by atoms with Gasteiger partial charge >= 0.3 is 11.9 Å². The zero-order chi connectivity index (χ0) is 13.8. The second kappa shape index (κ2) is 6.18. The van der Waals surface area contributed by atoms with E-state index >= 15 is 0 Å². The molecule has 0 heterocycles. The Morgan fingerprint density at radius 1 is 1.39 bits per heavy atom. The summed E-state index contributed by atoms with van der Waals surface area (Å²) in [7, 11) is 2.65. The third kappa shape index (κ3) is 2.83. The van der Waals surface area contributed by atoms with Crippen molar-refractivity contribution >= 4 is 27.9 Å². The summed E-state index contributed by atoms with van der Waals surface area (Å²) >= 11 is 3.26. The van der Waals surface area contributed by atoms with Gasteiger partial charge in [0.15, 0.2) is 0 Å². The molecule has 0 fully saturated rings. The maximum Gasteiger partial charge on any atom is 0.313 e. The molecule has 18 heavy (non-hydrogen) atoms. The number of carbonyl (C=O) groups excluding carboxylic acids is 2. The normalized spacial score (nSPS) is 26.5. The summed E-state index contributed by atoms with van der Waals surface area (Å²) in [6, 6.07) is 0. The van der Waals surface area contributed by atoms with Gasteiger partial charge in [0.2, 0.25) is 0 Å². The van der Waals surface area contributed by atoms with Crippen molar-refractivity contribution < 1.29 is 19.1 Å². The molecule has 2 atom stereocenters. The van der Waals surface area contributed by atoms with E-state index < -0.39 is 23.3 Å². The lowest BCUT2D eigenvalue weighted by Crippen LogP contribution is -2.44. The van der Waals surface area contributed by atoms with Gasteiger partial charge in [-0.3, -0.25) is 9.59 Å². The third-order valence-corrected chi connectivity index (χ3v) is 3.55. The predicted octanol–water partition coefficient (Wildman–Crippen LogP) is 2.58. The fraction of sp³-hybridized carbons (Fsp3) is 0.538. The van der Waals surface area contributed by atoms with E-state index in [-0.39, 0.29) is 0 Å². The van der Waals surface area contributed by atoms with Gasteiger partial charge in [0.1, 0.15) is 0 Å². The van der Waals surface area contributed by atoms with Gasteiger partial charge in [-0.2, -0.15) is 0 Å². The van der Waals surface area contributed by atoms with E-state index in [1.165, 1.54) is 14.2 Å². The van der Waals surface area contributed by atoms with Crippen LogP contribution in [0.5, 0.6) is 0 Å². The fourth-order valence-corrected chi connectivity index (χ4v) is 2.90. The number of hydrogen-bond acceptors (Lipinski definition) is 4. The zero-order valence-corrected chi connectivity index (χ0v) is 12.2. The van der Waals surface area contributed by atoms with Crippen molar-refractivity contribution in [3.05, 3.63) is 23.2 Å². The summed E-state index contributed by atoms with van der Waals surface area (Å²) in [5, 5.41) is 0. The Bertz CT molecular complexity index is 388. The molecule has 0 N–H and O–H groups in total. The number of ether oxygens (including phenoxy) is 2. The number of hydrogen-bond donors (Lipinski definition) is 0. The maximum absolute atomic E-state index is 12.1. The van der Waals surface area contributed by atoms with Crippen LogP contribution in [0.2, 0.25) is 0 Å². The highest BCUT2D eigenvalue weighted by Crippen LogP contribution is 2.45. The topological polar surface area (TPSA) is 52.6 Å². The quantitative estimate of drug-likeness (QED) is 0.591. The van der Waals surface area contributed by atoms with Crippen LogP contribution < -0.4 is 0 Å². The second-order valence-corrected chi connectivity index (χ2v) is 5.45. The van der Waals surface area contributed by atoms with Gasteiger partial charge in [0.05, 0.1) is 25.6 Å². The first-order valence-electron chi connectivity index (χ1n) is 5.62. The predicted molar refractivity (Wildman–Crippen MR) is 71.0 cm³/mol. The van der Waals surface area contributed by atoms with E-state index in [1.54, 1.807) is 0 Å². The molecule has 0 amide bonds. The third-order valence-electron chi connectivity index (χ3n) is 3.27. The van der Waals surface area contributed by atoms with Crippen LogP contribution in [0.25, 0.3) is 0 Å². The molecule has 0 saturated heterocycles. The first-order valence-corrected chi connectivity index (χ1v) is 6.41. The molecule has 0 aromatic carbocycles. The smallest absolute Gasteiger partial charge is 0.313 e. The minimum absolute atomic E-state index is 0.351. The minimum atomic E-state index is -0.919. The molecule has 0 saturated carbocycles. The van der Waals surface area contributed by atoms with Crippen LogP contribution in [-0.2, 0) is 19.1 Å². The van der Waals surface area contributed by atoms with Crippen LogP contribution in [0.4, 0.5) is 0 Å². The molecule has 5 heteroatoms. The highest BCUT2D eigenvalue weighted by molar-refractivity contribution is 9.11. The summed E-state index contributed by atoms with van der Waals surface area (Å²) in [6.45, 7) is 3.76. The Morgan fingerprint density at radius 2 is 2.06 bits per heavy atom. The summed E-state index contributed by atoms with van der Waals surface area (Å²) < 4.78 is 10.3. The lowest BCUT2D eigenvalue weighted by atomic mass is 9.66. The summed E-state index contributed by atoms with van der Waals surface area (Å²) in [6.07, 6.45) is 5.06. The molecule has 1 aliphatic carbocycles. The lowest BCUT2D eigenvalue weighted by molar-refractivity contribution is -0.166. The molecule has 0 aromatic rings. The van der Waals surface area contributed by atoms with E-state index in [0.29, 0.717) is 23.7 Å². The van der Waals surface area contributed by atoms with Crippen LogP contribution >= 0.6 is 15.9 Å². The Kier molecular flexibility index (Phi) is 5.14. The van der Waals surface area contributed by atoms with Crippen molar-refractivity contribution in [2.45, 2.75) is 19.3 Å². The molecule has 4 nitrogen and oxygen atoms in total. The number of allylic oxidation sites excluding steroid dienone is 3. The van der Waals surface area contributed by atoms with E-state index in [4.69, 9.17) is 9.47 Å². The van der Waals surface area contributed by atoms with Crippen molar-refractivity contribution in [1.82, 2.24) is 0 Å². The minimum Gasteiger partial charge on any atom is -0.469 e. The summed E-state index contributed by atoms with van der Waals surface area (Å²) in [5.74, 6) is -1.32. The largest absolute Gasteiger partial charge is 0.469 e. The zero-order valence-electron chi connectivity index (χ0n) is 10.6. The molecule has 0 bridgehead atoms. The molecule has 0 aromatic heterocycles. The summed E-state index contributed by atoms with van der Waals surface area (Å²) in [4.78, 5) is 24.0. The first kappa shape index (κ1) is 15.0. The van der Waals surface area contributed by atoms with Gasteiger partial charge in [-0.05, 0) is 23.7 Å². The van der Waals surface area contributed by atoms with Crippen molar-refractivity contribution in [2.24, 2.45) is 11.3 Å². The van der Waals surface area contributed by atoms with E-state index in [0.717, 1.165) is 0 Å². The van der Waals surface area contributed by atoms with Crippen LogP contribution in [0.3, 0.4) is 0 Å². The molecule has 1 rings (SSSR count). The van der Waals surface area contributed by atoms with Crippen LogP contribution in [0, 0.1) is 11.3 Å². The van der Waals surface area contributed by atoms with Gasteiger partial charge in [0, 0.05) is 0 Å². The lowest BCUT2D eigenvalue weighted by Gasteiger charge is -2.37. The average Bonchev–Trinajstić information content (AvgIpc) is 2.36. The van der Waals surface area contributed by atoms with E-state index in [9.17, 15) is 9.59 Å². The van der Waals surface area contributed by atoms with Gasteiger partial charge < -0.3 is 9.47 Å². The van der Waals surface area contributed by atoms with Crippen molar-refractivity contribution in [3.63, 3.8) is 0 Å². The Labute approximate surface area is 115 Å². The number of halogens is 1. The van der Waals surface area contributed by atoms with Crippen molar-refractivity contribution in [2.75, 3.05) is 14.2 Å². The number of rotatable bonds is 4. The fourth-order valence-electron chi connectivity index (χ4n) is 2.40. The SMILES string of the molecule is C=C(Br)C[C@]1(C(=O)OC)CC=CC[C@H]1C(=O)OC. The molecule has 0 aliphatic heterocycles. The molecule has 0 unspecified atom stereocenters. The molecule has 1 aliphatic rings. The number of esters is 2. The highest BCUT2D eigenvalue weighted by atomic mass is 79.9. The van der Waals surface area contributed by atoms with Crippen LogP contribution in [0.15, 0.2) is 23.2 Å². The van der Waals surface area contributed by atoms with Crippen LogP contribution in [0.1, 0.15) is 19.3 Å². The Morgan fingerprint density at radius 3 is 2.56 bits per heavy atom. The van der Waals surface area contributed by atoms with Crippen LogP contribution in [-0.4, -0.2) is 26.2 Å². The maximum atomic E-state index is 12.1. The summed E-state index contributed by atoms with van der Waals surface area (Å²) in [5.41, 5.74) is -0.919. The molecule has 0 radical (unpaired) electrons. The molecule has 0 spiro atoms. The van der Waals surface area contributed by atoms with E-state index in [2.05, 4.69) is 22.5 Å². The standard InChI is InChI=1S/C13H17BrO4/c1-9(14)8-13(12(16)18-3)7-5-4-6-10(13)11(15)17-2/h4-5,10H,1,6-8H2,2-3H3/t10-,13+/m0/s1. The van der Waals surface area contributed by atoms with Gasteiger partial charge in [-0.1, -0.05) is 34.7 Å². The van der Waals surface area contributed by atoms with Crippen molar-refractivity contribution in [3.8, 4) is 0 Å². The number of methoxy groups -OCH3 is 2. The first-order chi connectivity index (χ1) is 8.47. The monoisotopic (exact) mass is 316 g/mol. The molecular weight excluding hydrogens is 300 g/mol. The van der Waals surface area contributed by atoms with Gasteiger partial charge in [0.25, 0.3) is 0 Å². The van der Waals surface area contributed by atoms with Gasteiger partial charge in [-0.15, -0.1) is 0 Å². The molecule has 100 valence electrons. The molecular formula is C13H17BrO4. The van der Waals surface area contributed by atoms with Gasteiger partial charge in [-0.25, -0.2) is 0 Å². The van der Waals surface area contributed by atoms with Crippen molar-refractivity contribution in [1.29, 1.82) is 0 Å². The highest BCUT2D eigenvalue weighted by Gasteiger charge is 2.50. The Hall–Kier alpha value is -1.10. The second-order valence-electron chi connectivity index (χ2n) is 4.33. The Balaban J connectivity index is 3.18. The number of carbonyl (C=O) groups is 2.